The number of anilines is 2. The van der Waals surface area contributed by atoms with E-state index in [0.717, 1.165) is 33.1 Å². The Labute approximate surface area is 281 Å². The molecule has 0 bridgehead atoms. The maximum absolute atomic E-state index is 12.7. The molecule has 1 aliphatic carbocycles. The molecule has 13 nitrogen and oxygen atoms in total. The maximum Gasteiger partial charge on any atom is 0.328 e. The summed E-state index contributed by atoms with van der Waals surface area (Å²) in [7, 11) is 7.07. The third-order valence-corrected chi connectivity index (χ3v) is 6.88. The quantitative estimate of drug-likeness (QED) is 0.117. The van der Waals surface area contributed by atoms with Crippen molar-refractivity contribution in [3.8, 4) is 28.2 Å². The number of hydrogen-bond acceptors (Lipinski definition) is 13. The Hall–Kier alpha value is -5.11. The number of nitrogens with zero attached hydrogens (tertiary/aromatic N) is 3. The first-order chi connectivity index (χ1) is 22.0. The van der Waals surface area contributed by atoms with Gasteiger partial charge in [0.1, 0.15) is 30.2 Å². The van der Waals surface area contributed by atoms with Gasteiger partial charge in [0.2, 0.25) is 13.6 Å². The van der Waals surface area contributed by atoms with E-state index in [1.807, 2.05) is 61.5 Å². The van der Waals surface area contributed by atoms with Crippen LogP contribution >= 0.6 is 17.0 Å². The Bertz CT molecular complexity index is 1770. The highest BCUT2D eigenvalue weighted by Crippen LogP contribution is 2.43. The van der Waals surface area contributed by atoms with Gasteiger partial charge >= 0.3 is 23.9 Å². The zero-order valence-electron chi connectivity index (χ0n) is 26.9. The molecule has 2 aliphatic rings. The van der Waals surface area contributed by atoms with E-state index in [1.54, 1.807) is 19.2 Å². The Morgan fingerprint density at radius 1 is 0.809 bits per heavy atom. The molecule has 1 heterocycles. The third kappa shape index (κ3) is 9.22. The first kappa shape index (κ1) is 36.4. The zero-order chi connectivity index (χ0) is 33.4. The molecule has 0 spiro atoms. The molecule has 0 saturated heterocycles. The van der Waals surface area contributed by atoms with Crippen molar-refractivity contribution in [1.29, 1.82) is 0 Å². The van der Waals surface area contributed by atoms with Crippen molar-refractivity contribution in [3.05, 3.63) is 60.0 Å². The monoisotopic (exact) mass is 713 g/mol. The Morgan fingerprint density at radius 2 is 1.45 bits per heavy atom. The summed E-state index contributed by atoms with van der Waals surface area (Å²) < 4.78 is 31.5. The maximum atomic E-state index is 12.7. The number of halogens is 1. The topological polar surface area (TPSA) is 146 Å². The van der Waals surface area contributed by atoms with Gasteiger partial charge in [0.25, 0.3) is 0 Å². The number of carbonyl (C=O) groups is 4. The molecule has 0 atom stereocenters. The number of rotatable bonds is 12. The van der Waals surface area contributed by atoms with E-state index in [9.17, 15) is 19.2 Å². The summed E-state index contributed by atoms with van der Waals surface area (Å²) >= 11 is 0. The second-order valence-electron chi connectivity index (χ2n) is 10.2. The molecule has 4 rings (SSSR count). The molecular weight excluding hydrogens is 678 g/mol. The van der Waals surface area contributed by atoms with Gasteiger partial charge in [0.15, 0.2) is 0 Å². The SMILES string of the molecule is Br.CN=c1ccc2c(-c3ccc(N(CC(=O)OCOC(C)=O)CC(=O)OCOC(C)=O)c(OC)c3)c3ccc(N(C)C)cc3oc-2c1. The third-order valence-electron chi connectivity index (χ3n) is 6.88. The van der Waals surface area contributed by atoms with Crippen LogP contribution in [0.5, 0.6) is 5.75 Å². The molecule has 250 valence electrons. The van der Waals surface area contributed by atoms with Crippen molar-refractivity contribution in [2.75, 3.05) is 64.7 Å². The van der Waals surface area contributed by atoms with Crippen LogP contribution in [0.1, 0.15) is 13.8 Å². The van der Waals surface area contributed by atoms with E-state index >= 15 is 0 Å². The fourth-order valence-electron chi connectivity index (χ4n) is 4.68. The lowest BCUT2D eigenvalue weighted by atomic mass is 9.93. The molecule has 47 heavy (non-hydrogen) atoms. The number of methoxy groups -OCH3 is 1. The smallest absolute Gasteiger partial charge is 0.328 e. The summed E-state index contributed by atoms with van der Waals surface area (Å²) in [6.45, 7) is 0.336. The minimum Gasteiger partial charge on any atom is -0.495 e. The molecule has 0 amide bonds. The molecule has 0 aromatic heterocycles. The van der Waals surface area contributed by atoms with Gasteiger partial charge in [0.05, 0.1) is 18.2 Å². The van der Waals surface area contributed by atoms with E-state index in [1.165, 1.54) is 25.9 Å². The minimum absolute atomic E-state index is 0. The molecule has 0 fully saturated rings. The largest absolute Gasteiger partial charge is 0.495 e. The van der Waals surface area contributed by atoms with Crippen molar-refractivity contribution in [3.63, 3.8) is 0 Å². The van der Waals surface area contributed by atoms with Crippen molar-refractivity contribution < 1.29 is 47.3 Å². The van der Waals surface area contributed by atoms with Crippen LogP contribution in [0.25, 0.3) is 33.4 Å². The van der Waals surface area contributed by atoms with Crippen molar-refractivity contribution in [2.45, 2.75) is 13.8 Å². The second kappa shape index (κ2) is 16.5. The lowest BCUT2D eigenvalue weighted by molar-refractivity contribution is -0.165. The number of hydrogen-bond donors (Lipinski definition) is 0. The van der Waals surface area contributed by atoms with Gasteiger partial charge in [-0.15, -0.1) is 17.0 Å². The van der Waals surface area contributed by atoms with Crippen LogP contribution in [0.3, 0.4) is 0 Å². The average Bonchev–Trinajstić information content (AvgIpc) is 3.02. The summed E-state index contributed by atoms with van der Waals surface area (Å²) in [6, 6.07) is 17.0. The fourth-order valence-corrected chi connectivity index (χ4v) is 4.68. The highest BCUT2D eigenvalue weighted by molar-refractivity contribution is 8.93. The van der Waals surface area contributed by atoms with Crippen molar-refractivity contribution in [2.24, 2.45) is 4.99 Å². The molecule has 2 aromatic carbocycles. The number of esters is 4. The van der Waals surface area contributed by atoms with Crippen LogP contribution < -0.4 is 19.9 Å². The van der Waals surface area contributed by atoms with E-state index in [-0.39, 0.29) is 17.0 Å². The predicted octanol–water partition coefficient (Wildman–Crippen LogP) is 4.32. The average molecular weight is 715 g/mol. The van der Waals surface area contributed by atoms with Gasteiger partial charge in [-0.25, -0.2) is 0 Å². The molecular formula is C33H36BrN3O10. The summed E-state index contributed by atoms with van der Waals surface area (Å²) in [6.07, 6.45) is 0. The Morgan fingerprint density at radius 3 is 2.00 bits per heavy atom. The number of carbonyl (C=O) groups excluding carboxylic acids is 4. The van der Waals surface area contributed by atoms with Crippen LogP contribution in [0.4, 0.5) is 11.4 Å². The van der Waals surface area contributed by atoms with Crippen molar-refractivity contribution in [1.82, 2.24) is 0 Å². The van der Waals surface area contributed by atoms with E-state index < -0.39 is 50.6 Å². The second-order valence-corrected chi connectivity index (χ2v) is 10.2. The van der Waals surface area contributed by atoms with Crippen LogP contribution in [0.2, 0.25) is 0 Å². The molecule has 1 aliphatic heterocycles. The number of benzene rings is 3. The zero-order valence-corrected chi connectivity index (χ0v) is 28.6. The molecule has 2 aromatic rings. The van der Waals surface area contributed by atoms with Gasteiger partial charge in [-0.3, -0.25) is 24.2 Å². The predicted molar refractivity (Wildman–Crippen MR) is 179 cm³/mol. The lowest BCUT2D eigenvalue weighted by Crippen LogP contribution is -2.37. The van der Waals surface area contributed by atoms with E-state index in [0.29, 0.717) is 22.8 Å². The number of ether oxygens (including phenoxy) is 5. The summed E-state index contributed by atoms with van der Waals surface area (Å²) in [4.78, 5) is 55.2. The molecule has 14 heteroatoms. The molecule has 0 saturated carbocycles. The summed E-state index contributed by atoms with van der Waals surface area (Å²) in [5, 5.41) is 1.61. The van der Waals surface area contributed by atoms with Crippen LogP contribution in [0, 0.1) is 0 Å². The fraction of sp³-hybridized carbons (Fsp3) is 0.303. The first-order valence-electron chi connectivity index (χ1n) is 14.1. The minimum atomic E-state index is -0.782. The van der Waals surface area contributed by atoms with Gasteiger partial charge in [-0.1, -0.05) is 6.07 Å². The summed E-state index contributed by atoms with van der Waals surface area (Å²) in [5.41, 5.74) is 4.49. The van der Waals surface area contributed by atoms with Gasteiger partial charge < -0.3 is 37.9 Å². The molecule has 0 N–H and O–H groups in total. The van der Waals surface area contributed by atoms with E-state index in [4.69, 9.17) is 18.6 Å². The van der Waals surface area contributed by atoms with Gasteiger partial charge in [-0.05, 0) is 42.0 Å². The number of fused-ring (bicyclic) bond motifs is 2. The lowest BCUT2D eigenvalue weighted by Gasteiger charge is -2.25. The normalized spacial score (nSPS) is 11.0. The van der Waals surface area contributed by atoms with Crippen LogP contribution in [-0.2, 0) is 38.1 Å². The van der Waals surface area contributed by atoms with E-state index in [2.05, 4.69) is 14.5 Å². The first-order valence-corrected chi connectivity index (χ1v) is 14.1. The summed E-state index contributed by atoms with van der Waals surface area (Å²) in [5.74, 6) is -1.83. The molecule has 0 radical (unpaired) electrons. The highest BCUT2D eigenvalue weighted by Gasteiger charge is 2.23. The van der Waals surface area contributed by atoms with Gasteiger partial charge in [0, 0.05) is 69.3 Å². The van der Waals surface area contributed by atoms with Crippen LogP contribution in [-0.4, -0.2) is 78.8 Å². The Kier molecular flexibility index (Phi) is 12.7. The highest BCUT2D eigenvalue weighted by atomic mass is 79.9. The van der Waals surface area contributed by atoms with Crippen molar-refractivity contribution >= 4 is 63.2 Å². The van der Waals surface area contributed by atoms with Gasteiger partial charge in [-0.2, -0.15) is 0 Å². The Balaban J connectivity index is 0.00000600. The molecule has 0 unspecified atom stereocenters. The standard InChI is InChI=1S/C33H35N3O10.BrH/c1-20(37)42-18-44-31(39)16-36(17-32(40)45-19-43-21(2)38)27-12-7-22(13-30(27)41-6)33-25-10-8-23(34-3)14-28(25)46-29-15-24(35(4)5)9-11-26(29)33;/h7-15H,16-19H2,1-6H3;1H. The van der Waals surface area contributed by atoms with Crippen LogP contribution in [0.15, 0.2) is 64.0 Å².